The fourth-order valence-corrected chi connectivity index (χ4v) is 2.55. The lowest BCUT2D eigenvalue weighted by atomic mass is 9.86. The summed E-state index contributed by atoms with van der Waals surface area (Å²) in [6.45, 7) is 7.29. The second-order valence-corrected chi connectivity index (χ2v) is 6.15. The topological polar surface area (TPSA) is 52.9 Å². The van der Waals surface area contributed by atoms with Crippen molar-refractivity contribution in [3.8, 4) is 5.75 Å². The molecule has 0 unspecified atom stereocenters. The molecule has 1 aromatic carbocycles. The zero-order valence-corrected chi connectivity index (χ0v) is 12.1. The number of aliphatic hydroxyl groups is 2. The lowest BCUT2D eigenvalue weighted by Gasteiger charge is -2.27. The maximum Gasteiger partial charge on any atom is 0.145 e. The molecule has 4 heteroatoms. The molecule has 0 aromatic heterocycles. The van der Waals surface area contributed by atoms with E-state index in [-0.39, 0.29) is 5.41 Å². The van der Waals surface area contributed by atoms with Crippen LogP contribution < -0.4 is 9.64 Å². The third-order valence-electron chi connectivity index (χ3n) is 3.61. The van der Waals surface area contributed by atoms with Crippen LogP contribution >= 0.6 is 0 Å². The normalized spacial score (nSPS) is 23.8. The first-order valence-electron chi connectivity index (χ1n) is 6.63. The van der Waals surface area contributed by atoms with Gasteiger partial charge in [-0.2, -0.15) is 0 Å². The van der Waals surface area contributed by atoms with Crippen LogP contribution in [-0.2, 0) is 5.41 Å². The number of aliphatic hydroxyl groups excluding tert-OH is 2. The van der Waals surface area contributed by atoms with Crippen molar-refractivity contribution in [2.45, 2.75) is 38.4 Å². The van der Waals surface area contributed by atoms with E-state index in [1.165, 1.54) is 0 Å². The van der Waals surface area contributed by atoms with Crippen molar-refractivity contribution in [3.63, 3.8) is 0 Å². The summed E-state index contributed by atoms with van der Waals surface area (Å²) in [4.78, 5) is 1.98. The number of para-hydroxylation sites is 1. The van der Waals surface area contributed by atoms with Crippen molar-refractivity contribution in [2.75, 3.05) is 25.1 Å². The molecule has 4 nitrogen and oxygen atoms in total. The number of rotatable bonds is 2. The summed E-state index contributed by atoms with van der Waals surface area (Å²) in [5, 5.41) is 19.4. The third-order valence-corrected chi connectivity index (χ3v) is 3.61. The van der Waals surface area contributed by atoms with Gasteiger partial charge in [-0.05, 0) is 11.5 Å². The molecule has 0 amide bonds. The Morgan fingerprint density at radius 2 is 1.74 bits per heavy atom. The molecule has 1 saturated heterocycles. The van der Waals surface area contributed by atoms with Gasteiger partial charge in [-0.15, -0.1) is 0 Å². The third kappa shape index (κ3) is 2.69. The molecule has 1 aliphatic heterocycles. The van der Waals surface area contributed by atoms with Crippen molar-refractivity contribution in [2.24, 2.45) is 0 Å². The first-order chi connectivity index (χ1) is 8.84. The lowest BCUT2D eigenvalue weighted by molar-refractivity contribution is 0.0572. The minimum Gasteiger partial charge on any atom is -0.494 e. The Balaban J connectivity index is 2.42. The van der Waals surface area contributed by atoms with Gasteiger partial charge in [0.1, 0.15) is 5.75 Å². The summed E-state index contributed by atoms with van der Waals surface area (Å²) in [5.41, 5.74) is 2.05. The minimum absolute atomic E-state index is 0.0156. The Labute approximate surface area is 114 Å². The highest BCUT2D eigenvalue weighted by atomic mass is 16.5. The van der Waals surface area contributed by atoms with E-state index in [0.29, 0.717) is 13.1 Å². The first kappa shape index (κ1) is 14.2. The molecule has 0 saturated carbocycles. The average molecular weight is 265 g/mol. The standard InChI is InChI=1S/C15H23NO3/c1-15(2,3)10-6-5-7-11(14(10)19-4)16-8-12(17)13(18)9-16/h5-7,12-13,17-18H,8-9H2,1-4H3/t12-,13-/m1/s1. The average Bonchev–Trinajstić information content (AvgIpc) is 2.67. The predicted octanol–water partition coefficient (Wildman–Crippen LogP) is 1.53. The number of hydrogen-bond donors (Lipinski definition) is 2. The maximum atomic E-state index is 9.69. The van der Waals surface area contributed by atoms with Crippen molar-refractivity contribution in [1.29, 1.82) is 0 Å². The summed E-state index contributed by atoms with van der Waals surface area (Å²) < 4.78 is 5.58. The van der Waals surface area contributed by atoms with Gasteiger partial charge in [-0.25, -0.2) is 0 Å². The number of methoxy groups -OCH3 is 1. The second-order valence-electron chi connectivity index (χ2n) is 6.15. The molecule has 2 atom stereocenters. The Morgan fingerprint density at radius 1 is 1.16 bits per heavy atom. The molecule has 1 heterocycles. The quantitative estimate of drug-likeness (QED) is 0.851. The van der Waals surface area contributed by atoms with Gasteiger partial charge >= 0.3 is 0 Å². The summed E-state index contributed by atoms with van der Waals surface area (Å²) in [7, 11) is 1.66. The van der Waals surface area contributed by atoms with Gasteiger partial charge in [0.05, 0.1) is 25.0 Å². The molecule has 0 aliphatic carbocycles. The summed E-state index contributed by atoms with van der Waals surface area (Å²) >= 11 is 0. The highest BCUT2D eigenvalue weighted by molar-refractivity contribution is 5.64. The van der Waals surface area contributed by atoms with Crippen LogP contribution in [0.2, 0.25) is 0 Å². The zero-order chi connectivity index (χ0) is 14.2. The number of anilines is 1. The van der Waals surface area contributed by atoms with Crippen LogP contribution in [0, 0.1) is 0 Å². The Bertz CT molecular complexity index is 443. The molecule has 2 N–H and O–H groups in total. The minimum atomic E-state index is -0.692. The van der Waals surface area contributed by atoms with E-state index in [1.54, 1.807) is 7.11 Å². The van der Waals surface area contributed by atoms with Crippen LogP contribution in [0.15, 0.2) is 18.2 Å². The van der Waals surface area contributed by atoms with E-state index >= 15 is 0 Å². The highest BCUT2D eigenvalue weighted by Gasteiger charge is 2.32. The van der Waals surface area contributed by atoms with E-state index in [2.05, 4.69) is 26.8 Å². The molecule has 19 heavy (non-hydrogen) atoms. The van der Waals surface area contributed by atoms with Gasteiger partial charge in [-0.3, -0.25) is 0 Å². The molecule has 2 rings (SSSR count). The monoisotopic (exact) mass is 265 g/mol. The van der Waals surface area contributed by atoms with Gasteiger partial charge in [0, 0.05) is 18.7 Å². The number of nitrogens with zero attached hydrogens (tertiary/aromatic N) is 1. The van der Waals surface area contributed by atoms with Crippen LogP contribution in [0.4, 0.5) is 5.69 Å². The van der Waals surface area contributed by atoms with Crippen LogP contribution in [0.1, 0.15) is 26.3 Å². The van der Waals surface area contributed by atoms with Crippen LogP contribution in [0.5, 0.6) is 5.75 Å². The maximum absolute atomic E-state index is 9.69. The van der Waals surface area contributed by atoms with Crippen molar-refractivity contribution in [3.05, 3.63) is 23.8 Å². The molecule has 0 bridgehead atoms. The number of ether oxygens (including phenoxy) is 1. The van der Waals surface area contributed by atoms with Crippen molar-refractivity contribution < 1.29 is 14.9 Å². The lowest BCUT2D eigenvalue weighted by Crippen LogP contribution is -2.23. The van der Waals surface area contributed by atoms with Crippen LogP contribution in [0.25, 0.3) is 0 Å². The number of hydrogen-bond acceptors (Lipinski definition) is 4. The molecule has 1 fully saturated rings. The van der Waals surface area contributed by atoms with Gasteiger partial charge in [0.2, 0.25) is 0 Å². The van der Waals surface area contributed by atoms with E-state index in [4.69, 9.17) is 4.74 Å². The van der Waals surface area contributed by atoms with E-state index < -0.39 is 12.2 Å². The van der Waals surface area contributed by atoms with Crippen molar-refractivity contribution >= 4 is 5.69 Å². The van der Waals surface area contributed by atoms with E-state index in [0.717, 1.165) is 17.0 Å². The number of benzene rings is 1. The first-order valence-corrected chi connectivity index (χ1v) is 6.63. The molecule has 1 aliphatic rings. The summed E-state index contributed by atoms with van der Waals surface area (Å²) in [6, 6.07) is 6.03. The summed E-state index contributed by atoms with van der Waals surface area (Å²) in [5.74, 6) is 0.830. The van der Waals surface area contributed by atoms with E-state index in [9.17, 15) is 10.2 Å². The predicted molar refractivity (Wildman–Crippen MR) is 75.9 cm³/mol. The molecule has 0 radical (unpaired) electrons. The van der Waals surface area contributed by atoms with Gasteiger partial charge in [0.25, 0.3) is 0 Å². The second kappa shape index (κ2) is 5.02. The molecular weight excluding hydrogens is 242 g/mol. The Kier molecular flexibility index (Phi) is 3.74. The zero-order valence-electron chi connectivity index (χ0n) is 12.1. The SMILES string of the molecule is COc1c(N2C[C@@H](O)[C@H](O)C2)cccc1C(C)(C)C. The largest absolute Gasteiger partial charge is 0.494 e. The van der Waals surface area contributed by atoms with Gasteiger partial charge < -0.3 is 19.8 Å². The van der Waals surface area contributed by atoms with Gasteiger partial charge in [0.15, 0.2) is 0 Å². The van der Waals surface area contributed by atoms with Crippen LogP contribution in [0.3, 0.4) is 0 Å². The van der Waals surface area contributed by atoms with Crippen LogP contribution in [-0.4, -0.2) is 42.6 Å². The highest BCUT2D eigenvalue weighted by Crippen LogP contribution is 2.39. The Morgan fingerprint density at radius 3 is 2.21 bits per heavy atom. The molecule has 106 valence electrons. The summed E-state index contributed by atoms with van der Waals surface area (Å²) in [6.07, 6.45) is -1.38. The smallest absolute Gasteiger partial charge is 0.145 e. The molecular formula is C15H23NO3. The number of β-amino-alcohol motifs (C(OH)–C–C–N with tert-alkyl or cyclic N) is 2. The fourth-order valence-electron chi connectivity index (χ4n) is 2.55. The van der Waals surface area contributed by atoms with E-state index in [1.807, 2.05) is 17.0 Å². The molecule has 1 aromatic rings. The van der Waals surface area contributed by atoms with Gasteiger partial charge in [-0.1, -0.05) is 32.9 Å². The molecule has 0 spiro atoms. The Hall–Kier alpha value is -1.26. The fraction of sp³-hybridized carbons (Fsp3) is 0.600. The van der Waals surface area contributed by atoms with Crippen molar-refractivity contribution in [1.82, 2.24) is 0 Å².